The largest absolute Gasteiger partial charge is 0.363 e. The van der Waals surface area contributed by atoms with E-state index < -0.39 is 0 Å². The first-order chi connectivity index (χ1) is 10.0. The molecule has 1 aliphatic carbocycles. The van der Waals surface area contributed by atoms with Crippen molar-refractivity contribution in [1.29, 1.82) is 0 Å². The minimum Gasteiger partial charge on any atom is -0.363 e. The normalized spacial score (nSPS) is 21.3. The summed E-state index contributed by atoms with van der Waals surface area (Å²) < 4.78 is 0. The van der Waals surface area contributed by atoms with E-state index in [1.165, 1.54) is 6.42 Å². The molecule has 1 amide bonds. The quantitative estimate of drug-likeness (QED) is 0.838. The Bertz CT molecular complexity index is 492. The number of aromatic nitrogens is 1. The molecule has 1 saturated carbocycles. The molecule has 0 N–H and O–H groups in total. The van der Waals surface area contributed by atoms with Crippen LogP contribution < -0.4 is 4.90 Å². The molecule has 0 spiro atoms. The maximum Gasteiger partial charge on any atom is 0.254 e. The lowest BCUT2D eigenvalue weighted by Gasteiger charge is -2.25. The molecule has 1 heterocycles. The van der Waals surface area contributed by atoms with Gasteiger partial charge in [0, 0.05) is 44.2 Å². The summed E-state index contributed by atoms with van der Waals surface area (Å²) in [5.74, 6) is 2.08. The molecule has 0 radical (unpaired) electrons. The minimum absolute atomic E-state index is 0.104. The molecule has 1 aromatic heterocycles. The van der Waals surface area contributed by atoms with Gasteiger partial charge in [0.15, 0.2) is 0 Å². The van der Waals surface area contributed by atoms with Crippen LogP contribution in [0.2, 0.25) is 0 Å². The molecule has 21 heavy (non-hydrogen) atoms. The van der Waals surface area contributed by atoms with E-state index in [1.807, 2.05) is 48.8 Å². The summed E-state index contributed by atoms with van der Waals surface area (Å²) in [6, 6.07) is 4.04. The van der Waals surface area contributed by atoms with E-state index in [0.717, 1.165) is 30.0 Å². The molecular formula is C16H25N3OS. The Hall–Kier alpha value is -1.23. The van der Waals surface area contributed by atoms with E-state index in [4.69, 9.17) is 0 Å². The fourth-order valence-corrected chi connectivity index (χ4v) is 3.95. The van der Waals surface area contributed by atoms with Crippen molar-refractivity contribution in [3.63, 3.8) is 0 Å². The summed E-state index contributed by atoms with van der Waals surface area (Å²) in [5.41, 5.74) is 0.725. The summed E-state index contributed by atoms with van der Waals surface area (Å²) >= 11 is 2.02. The maximum atomic E-state index is 12.6. The predicted octanol–water partition coefficient (Wildman–Crippen LogP) is 2.89. The first-order valence-corrected chi connectivity index (χ1v) is 8.60. The highest BCUT2D eigenvalue weighted by Gasteiger charge is 2.30. The van der Waals surface area contributed by atoms with E-state index in [0.29, 0.717) is 11.3 Å². The van der Waals surface area contributed by atoms with Gasteiger partial charge in [0.25, 0.3) is 5.91 Å². The van der Waals surface area contributed by atoms with Crippen LogP contribution in [0.25, 0.3) is 0 Å². The Morgan fingerprint density at radius 2 is 2.14 bits per heavy atom. The smallest absolute Gasteiger partial charge is 0.254 e. The molecule has 0 aromatic carbocycles. The lowest BCUT2D eigenvalue weighted by molar-refractivity contribution is 0.0735. The number of hydrogen-bond acceptors (Lipinski definition) is 4. The van der Waals surface area contributed by atoms with Crippen molar-refractivity contribution in [3.8, 4) is 0 Å². The van der Waals surface area contributed by atoms with Crippen molar-refractivity contribution in [1.82, 2.24) is 9.88 Å². The highest BCUT2D eigenvalue weighted by atomic mass is 32.2. The summed E-state index contributed by atoms with van der Waals surface area (Å²) in [4.78, 5) is 20.7. The van der Waals surface area contributed by atoms with Crippen LogP contribution in [0.4, 0.5) is 5.82 Å². The van der Waals surface area contributed by atoms with E-state index in [2.05, 4.69) is 11.9 Å². The second-order valence-electron chi connectivity index (χ2n) is 5.76. The number of carbonyl (C=O) groups is 1. The minimum atomic E-state index is 0.104. The standard InChI is InChI=1S/C16H25N3OS/c1-5-21-14-7-6-13(11-14)19(4)16(20)12-8-9-17-15(10-12)18(2)3/h8-10,13-14H,5-7,11H2,1-4H3/t13-,14-/m1/s1. The molecule has 1 fully saturated rings. The number of rotatable bonds is 5. The molecule has 1 aromatic rings. The van der Waals surface area contributed by atoms with E-state index >= 15 is 0 Å². The Kier molecular flexibility index (Phi) is 5.51. The lowest BCUT2D eigenvalue weighted by Crippen LogP contribution is -2.35. The molecule has 0 saturated heterocycles. The Morgan fingerprint density at radius 1 is 1.38 bits per heavy atom. The van der Waals surface area contributed by atoms with Crippen molar-refractivity contribution in [2.75, 3.05) is 31.8 Å². The fraction of sp³-hybridized carbons (Fsp3) is 0.625. The SMILES string of the molecule is CCS[C@@H]1CC[C@@H](N(C)C(=O)c2ccnc(N(C)C)c2)C1. The van der Waals surface area contributed by atoms with Gasteiger partial charge >= 0.3 is 0 Å². The third-order valence-corrected chi connectivity index (χ3v) is 5.31. The molecule has 5 heteroatoms. The van der Waals surface area contributed by atoms with Gasteiger partial charge in [-0.15, -0.1) is 0 Å². The number of amides is 1. The molecule has 0 unspecified atom stereocenters. The topological polar surface area (TPSA) is 36.4 Å². The van der Waals surface area contributed by atoms with Gasteiger partial charge in [-0.05, 0) is 37.1 Å². The fourth-order valence-electron chi connectivity index (χ4n) is 2.82. The van der Waals surface area contributed by atoms with Crippen molar-refractivity contribution in [3.05, 3.63) is 23.9 Å². The number of hydrogen-bond donors (Lipinski definition) is 0. The molecule has 2 rings (SSSR count). The molecule has 1 aliphatic rings. The number of nitrogens with zero attached hydrogens (tertiary/aromatic N) is 3. The van der Waals surface area contributed by atoms with Crippen LogP contribution >= 0.6 is 11.8 Å². The highest BCUT2D eigenvalue weighted by molar-refractivity contribution is 7.99. The van der Waals surface area contributed by atoms with Crippen LogP contribution in [-0.4, -0.2) is 54.0 Å². The third kappa shape index (κ3) is 3.90. The van der Waals surface area contributed by atoms with Gasteiger partial charge in [0.1, 0.15) is 5.82 Å². The average molecular weight is 307 g/mol. The predicted molar refractivity (Wildman–Crippen MR) is 90.2 cm³/mol. The number of pyridine rings is 1. The Morgan fingerprint density at radius 3 is 2.81 bits per heavy atom. The zero-order valence-corrected chi connectivity index (χ0v) is 14.2. The molecule has 0 bridgehead atoms. The second kappa shape index (κ2) is 7.16. The van der Waals surface area contributed by atoms with Gasteiger partial charge in [0.05, 0.1) is 0 Å². The number of thioether (sulfide) groups is 1. The molecule has 4 nitrogen and oxygen atoms in total. The van der Waals surface area contributed by atoms with Crippen molar-refractivity contribution in [2.45, 2.75) is 37.5 Å². The van der Waals surface area contributed by atoms with Crippen molar-refractivity contribution in [2.24, 2.45) is 0 Å². The Labute approximate surface area is 131 Å². The van der Waals surface area contributed by atoms with Gasteiger partial charge in [0.2, 0.25) is 0 Å². The van der Waals surface area contributed by atoms with E-state index in [9.17, 15) is 4.79 Å². The molecular weight excluding hydrogens is 282 g/mol. The molecule has 2 atom stereocenters. The first kappa shape index (κ1) is 16.1. The van der Waals surface area contributed by atoms with E-state index in [-0.39, 0.29) is 5.91 Å². The zero-order valence-electron chi connectivity index (χ0n) is 13.4. The van der Waals surface area contributed by atoms with Gasteiger partial charge in [-0.25, -0.2) is 4.98 Å². The monoisotopic (exact) mass is 307 g/mol. The molecule has 116 valence electrons. The van der Waals surface area contributed by atoms with Crippen LogP contribution in [0.1, 0.15) is 36.5 Å². The second-order valence-corrected chi connectivity index (χ2v) is 7.33. The summed E-state index contributed by atoms with van der Waals surface area (Å²) in [5, 5.41) is 0.713. The van der Waals surface area contributed by atoms with Gasteiger partial charge in [-0.1, -0.05) is 6.92 Å². The van der Waals surface area contributed by atoms with Crippen LogP contribution in [0.3, 0.4) is 0 Å². The van der Waals surface area contributed by atoms with E-state index in [1.54, 1.807) is 12.3 Å². The van der Waals surface area contributed by atoms with Crippen LogP contribution in [-0.2, 0) is 0 Å². The summed E-state index contributed by atoms with van der Waals surface area (Å²) in [6.45, 7) is 2.20. The zero-order chi connectivity index (χ0) is 15.4. The summed E-state index contributed by atoms with van der Waals surface area (Å²) in [6.07, 6.45) is 5.17. The number of carbonyl (C=O) groups excluding carboxylic acids is 1. The van der Waals surface area contributed by atoms with Crippen LogP contribution in [0, 0.1) is 0 Å². The maximum absolute atomic E-state index is 12.6. The van der Waals surface area contributed by atoms with Crippen molar-refractivity contribution >= 4 is 23.5 Å². The van der Waals surface area contributed by atoms with Gasteiger partial charge in [-0.2, -0.15) is 11.8 Å². The van der Waals surface area contributed by atoms with Gasteiger partial charge in [-0.3, -0.25) is 4.79 Å². The third-order valence-electron chi connectivity index (χ3n) is 4.08. The Balaban J connectivity index is 2.04. The van der Waals surface area contributed by atoms with Crippen molar-refractivity contribution < 1.29 is 4.79 Å². The van der Waals surface area contributed by atoms with Gasteiger partial charge < -0.3 is 9.80 Å². The van der Waals surface area contributed by atoms with Crippen LogP contribution in [0.5, 0.6) is 0 Å². The number of anilines is 1. The molecule has 0 aliphatic heterocycles. The average Bonchev–Trinajstić information content (AvgIpc) is 2.95. The first-order valence-electron chi connectivity index (χ1n) is 7.55. The lowest BCUT2D eigenvalue weighted by atomic mass is 10.1. The highest BCUT2D eigenvalue weighted by Crippen LogP contribution is 2.32. The van der Waals surface area contributed by atoms with Crippen LogP contribution in [0.15, 0.2) is 18.3 Å². The summed E-state index contributed by atoms with van der Waals surface area (Å²) in [7, 11) is 5.80.